The third-order valence-corrected chi connectivity index (χ3v) is 11.4. The van der Waals surface area contributed by atoms with Gasteiger partial charge in [0.05, 0.1) is 34.3 Å². The number of hydrogen-bond donors (Lipinski definition) is 0. The van der Waals surface area contributed by atoms with E-state index in [-0.39, 0.29) is 0 Å². The molecular weight excluding hydrogens is 649 g/mol. The molecule has 3 heterocycles. The average Bonchev–Trinajstić information content (AvgIpc) is 3.83. The van der Waals surface area contributed by atoms with Crippen LogP contribution in [0.15, 0.2) is 146 Å². The Balaban J connectivity index is 1.29. The lowest BCUT2D eigenvalue weighted by molar-refractivity contribution is 1.29. The molecule has 0 saturated heterocycles. The van der Waals surface area contributed by atoms with Crippen LogP contribution in [0.4, 0.5) is 0 Å². The molecule has 0 bridgehead atoms. The van der Waals surface area contributed by atoms with Crippen molar-refractivity contribution in [3.05, 3.63) is 157 Å². The molecule has 0 N–H and O–H groups in total. The molecule has 6 aromatic carbocycles. The molecule has 0 spiro atoms. The van der Waals surface area contributed by atoms with Gasteiger partial charge >= 0.3 is 0 Å². The first-order chi connectivity index (χ1) is 24.7. The molecule has 0 aliphatic heterocycles. The molecule has 232 valence electrons. The van der Waals surface area contributed by atoms with Gasteiger partial charge in [-0.25, -0.2) is 0 Å². The Kier molecular flexibility index (Phi) is 7.25. The first-order valence-corrected chi connectivity index (χ1v) is 17.7. The van der Waals surface area contributed by atoms with Gasteiger partial charge in [0, 0.05) is 59.0 Å². The third-order valence-electron chi connectivity index (χ3n) is 9.04. The van der Waals surface area contributed by atoms with Gasteiger partial charge in [-0.3, -0.25) is 9.97 Å². The Morgan fingerprint density at radius 3 is 1.58 bits per heavy atom. The minimum absolute atomic E-state index is 0.480. The van der Waals surface area contributed by atoms with Crippen LogP contribution in [0.25, 0.3) is 85.5 Å². The molecule has 0 aliphatic carbocycles. The minimum Gasteiger partial charge on any atom is -0.253 e. The fraction of sp³-hybridized carbons (Fsp3) is 0. The molecule has 3 aromatic heterocycles. The number of nitrogens with zero attached hydrogens (tertiary/aromatic N) is 4. The SMILES string of the molecule is N#Cc1cc(C#N)cc(-c2cc3c(-c4ccccc4)c4sc(-c5ccc(-c6cccc7nccnc67)cc5)cc4c(-c4ccccc4)c3s2)c1. The molecule has 9 aromatic rings. The number of aromatic nitrogens is 2. The zero-order valence-corrected chi connectivity index (χ0v) is 28.1. The van der Waals surface area contributed by atoms with Crippen LogP contribution in [0.1, 0.15) is 11.1 Å². The molecule has 9 rings (SSSR count). The van der Waals surface area contributed by atoms with Gasteiger partial charge in [-0.15, -0.1) is 22.7 Å². The highest BCUT2D eigenvalue weighted by Gasteiger charge is 2.23. The summed E-state index contributed by atoms with van der Waals surface area (Å²) in [5.41, 5.74) is 11.6. The molecule has 0 amide bonds. The molecule has 0 aliphatic rings. The van der Waals surface area contributed by atoms with Gasteiger partial charge in [-0.05, 0) is 64.2 Å². The Morgan fingerprint density at radius 2 is 1.00 bits per heavy atom. The minimum atomic E-state index is 0.480. The number of hydrogen-bond acceptors (Lipinski definition) is 6. The van der Waals surface area contributed by atoms with Crippen LogP contribution in [-0.4, -0.2) is 9.97 Å². The van der Waals surface area contributed by atoms with E-state index in [1.54, 1.807) is 29.8 Å². The highest BCUT2D eigenvalue weighted by atomic mass is 32.1. The van der Waals surface area contributed by atoms with E-state index in [2.05, 4.69) is 125 Å². The monoisotopic (exact) mass is 672 g/mol. The second-order valence-electron chi connectivity index (χ2n) is 12.0. The predicted molar refractivity (Wildman–Crippen MR) is 207 cm³/mol. The molecule has 6 heteroatoms. The van der Waals surface area contributed by atoms with E-state index >= 15 is 0 Å². The van der Waals surface area contributed by atoms with Crippen LogP contribution < -0.4 is 0 Å². The fourth-order valence-corrected chi connectivity index (χ4v) is 9.26. The molecule has 0 radical (unpaired) electrons. The zero-order chi connectivity index (χ0) is 33.6. The van der Waals surface area contributed by atoms with E-state index < -0.39 is 0 Å². The highest BCUT2D eigenvalue weighted by molar-refractivity contribution is 7.25. The van der Waals surface area contributed by atoms with Gasteiger partial charge in [0.2, 0.25) is 0 Å². The summed E-state index contributed by atoms with van der Waals surface area (Å²) in [6.45, 7) is 0. The summed E-state index contributed by atoms with van der Waals surface area (Å²) in [4.78, 5) is 11.3. The lowest BCUT2D eigenvalue weighted by atomic mass is 9.93. The number of para-hydroxylation sites is 1. The molecular formula is C44H24N4S2. The Labute approximate surface area is 296 Å². The van der Waals surface area contributed by atoms with E-state index in [1.807, 2.05) is 35.6 Å². The van der Waals surface area contributed by atoms with E-state index in [0.29, 0.717) is 11.1 Å². The summed E-state index contributed by atoms with van der Waals surface area (Å²) < 4.78 is 2.40. The summed E-state index contributed by atoms with van der Waals surface area (Å²) in [5.74, 6) is 0. The largest absolute Gasteiger partial charge is 0.253 e. The number of thiophene rings is 2. The number of benzene rings is 6. The van der Waals surface area contributed by atoms with E-state index in [4.69, 9.17) is 0 Å². The number of rotatable bonds is 5. The molecule has 0 atom stereocenters. The van der Waals surface area contributed by atoms with Crippen molar-refractivity contribution in [3.63, 3.8) is 0 Å². The zero-order valence-electron chi connectivity index (χ0n) is 26.5. The first kappa shape index (κ1) is 29.7. The maximum atomic E-state index is 9.73. The van der Waals surface area contributed by atoms with Crippen molar-refractivity contribution in [1.29, 1.82) is 10.5 Å². The molecule has 4 nitrogen and oxygen atoms in total. The number of nitriles is 2. The maximum absolute atomic E-state index is 9.73. The lowest BCUT2D eigenvalue weighted by Gasteiger charge is -2.12. The average molecular weight is 673 g/mol. The normalized spacial score (nSPS) is 11.2. The molecule has 0 unspecified atom stereocenters. The van der Waals surface area contributed by atoms with Gasteiger partial charge in [0.15, 0.2) is 0 Å². The van der Waals surface area contributed by atoms with E-state index in [9.17, 15) is 10.5 Å². The second kappa shape index (κ2) is 12.2. The standard InChI is InChI=1S/C44H24N4S2/c45-25-27-20-28(26-46)22-33(21-27)39-24-36-41(32-10-5-2-6-11-32)43-35(40(44(36)50-39)31-8-3-1-4-9-31)23-38(49-43)30-16-14-29(15-17-30)34-12-7-13-37-42(34)48-19-18-47-37/h1-24H. The van der Waals surface area contributed by atoms with E-state index in [1.165, 1.54) is 30.8 Å². The number of fused-ring (bicyclic) bond motifs is 3. The van der Waals surface area contributed by atoms with Crippen molar-refractivity contribution in [2.75, 3.05) is 0 Å². The van der Waals surface area contributed by atoms with Crippen molar-refractivity contribution in [1.82, 2.24) is 9.97 Å². The van der Waals surface area contributed by atoms with Crippen LogP contribution in [0.5, 0.6) is 0 Å². The molecule has 0 fully saturated rings. The summed E-state index contributed by atoms with van der Waals surface area (Å²) in [5, 5.41) is 21.8. The highest BCUT2D eigenvalue weighted by Crippen LogP contribution is 2.52. The molecule has 50 heavy (non-hydrogen) atoms. The summed E-state index contributed by atoms with van der Waals surface area (Å²) in [6, 6.07) is 50.5. The van der Waals surface area contributed by atoms with Crippen molar-refractivity contribution in [3.8, 4) is 66.4 Å². The maximum Gasteiger partial charge on any atom is 0.0992 e. The van der Waals surface area contributed by atoms with Gasteiger partial charge < -0.3 is 0 Å². The van der Waals surface area contributed by atoms with Gasteiger partial charge in [-0.1, -0.05) is 97.1 Å². The van der Waals surface area contributed by atoms with Gasteiger partial charge in [-0.2, -0.15) is 10.5 Å². The third kappa shape index (κ3) is 5.03. The van der Waals surface area contributed by atoms with E-state index in [0.717, 1.165) is 54.7 Å². The smallest absolute Gasteiger partial charge is 0.0992 e. The lowest BCUT2D eigenvalue weighted by Crippen LogP contribution is -1.86. The second-order valence-corrected chi connectivity index (χ2v) is 14.1. The van der Waals surface area contributed by atoms with Crippen LogP contribution in [0.3, 0.4) is 0 Å². The summed E-state index contributed by atoms with van der Waals surface area (Å²) >= 11 is 3.53. The summed E-state index contributed by atoms with van der Waals surface area (Å²) in [7, 11) is 0. The topological polar surface area (TPSA) is 73.4 Å². The van der Waals surface area contributed by atoms with Crippen LogP contribution in [0.2, 0.25) is 0 Å². The summed E-state index contributed by atoms with van der Waals surface area (Å²) in [6.07, 6.45) is 3.47. The van der Waals surface area contributed by atoms with Crippen molar-refractivity contribution < 1.29 is 0 Å². The Bertz CT molecular complexity index is 2690. The van der Waals surface area contributed by atoms with Gasteiger partial charge in [0.1, 0.15) is 0 Å². The predicted octanol–water partition coefficient (Wildman–Crippen LogP) is 12.1. The van der Waals surface area contributed by atoms with Crippen molar-refractivity contribution in [2.24, 2.45) is 0 Å². The van der Waals surface area contributed by atoms with Crippen molar-refractivity contribution >= 4 is 53.9 Å². The van der Waals surface area contributed by atoms with Crippen LogP contribution in [0, 0.1) is 22.7 Å². The van der Waals surface area contributed by atoms with Gasteiger partial charge in [0.25, 0.3) is 0 Å². The van der Waals surface area contributed by atoms with Crippen LogP contribution >= 0.6 is 22.7 Å². The molecule has 0 saturated carbocycles. The first-order valence-electron chi connectivity index (χ1n) is 16.1. The Hall–Kier alpha value is -6.44. The van der Waals surface area contributed by atoms with Crippen LogP contribution in [-0.2, 0) is 0 Å². The Morgan fingerprint density at radius 1 is 0.460 bits per heavy atom. The quantitative estimate of drug-likeness (QED) is 0.182. The fourth-order valence-electron chi connectivity index (χ4n) is 6.78. The van der Waals surface area contributed by atoms with Crippen molar-refractivity contribution in [2.45, 2.75) is 0 Å².